The van der Waals surface area contributed by atoms with Crippen LogP contribution in [0.15, 0.2) is 24.3 Å². The van der Waals surface area contributed by atoms with E-state index in [4.69, 9.17) is 5.11 Å². The Hall–Kier alpha value is -1.56. The minimum Gasteiger partial charge on any atom is -0.481 e. The van der Waals surface area contributed by atoms with Crippen LogP contribution in [0.2, 0.25) is 0 Å². The summed E-state index contributed by atoms with van der Waals surface area (Å²) >= 11 is 0. The molecule has 0 aliphatic heterocycles. The van der Waals surface area contributed by atoms with Gasteiger partial charge in [0.15, 0.2) is 0 Å². The maximum Gasteiger partial charge on any atom is 0.416 e. The molecule has 0 unspecified atom stereocenters. The van der Waals surface area contributed by atoms with Gasteiger partial charge in [-0.25, -0.2) is 0 Å². The van der Waals surface area contributed by atoms with E-state index < -0.39 is 23.1 Å². The van der Waals surface area contributed by atoms with Gasteiger partial charge in [0.05, 0.1) is 11.0 Å². The molecule has 0 saturated carbocycles. The van der Waals surface area contributed by atoms with Crippen molar-refractivity contribution in [3.05, 3.63) is 35.4 Å². The molecule has 0 aliphatic carbocycles. The zero-order valence-electron chi connectivity index (χ0n) is 10.7. The average molecular weight is 275 g/mol. The van der Waals surface area contributed by atoms with Crippen LogP contribution in [0.5, 0.6) is 0 Å². The van der Waals surface area contributed by atoms with E-state index in [9.17, 15) is 18.0 Å². The highest BCUT2D eigenvalue weighted by molar-refractivity contribution is 5.73. The summed E-state index contributed by atoms with van der Waals surface area (Å²) < 4.78 is 37.5. The number of halogens is 3. The molecule has 1 aromatic carbocycles. The van der Waals surface area contributed by atoms with E-state index in [0.717, 1.165) is 12.1 Å². The average Bonchev–Trinajstić information content (AvgIpc) is 2.28. The zero-order valence-corrected chi connectivity index (χ0v) is 10.7. The predicted molar refractivity (Wildman–Crippen MR) is 64.6 cm³/mol. The molecule has 1 rings (SSSR count). The third-order valence-corrected chi connectivity index (χ3v) is 2.73. The maximum atomic E-state index is 12.5. The number of benzene rings is 1. The summed E-state index contributed by atoms with van der Waals surface area (Å²) in [6, 6.07) is 4.96. The van der Waals surface area contributed by atoms with Crippen LogP contribution in [0.3, 0.4) is 0 Å². The van der Waals surface area contributed by atoms with Crippen LogP contribution in [-0.4, -0.2) is 17.6 Å². The standard InChI is InChI=1S/C13H16F3NO2/c1-12(2,11(18)19)8-17-7-9-4-3-5-10(6-9)13(14,15)16/h3-6,17H,7-8H2,1-2H3,(H,18,19). The third kappa shape index (κ3) is 4.55. The van der Waals surface area contributed by atoms with Crippen molar-refractivity contribution in [1.29, 1.82) is 0 Å². The zero-order chi connectivity index (χ0) is 14.7. The molecule has 6 heteroatoms. The predicted octanol–water partition coefficient (Wildman–Crippen LogP) is 2.91. The van der Waals surface area contributed by atoms with Crippen LogP contribution < -0.4 is 5.32 Å². The van der Waals surface area contributed by atoms with Crippen molar-refractivity contribution in [3.63, 3.8) is 0 Å². The first-order chi connectivity index (χ1) is 8.63. The molecule has 2 N–H and O–H groups in total. The van der Waals surface area contributed by atoms with E-state index >= 15 is 0 Å². The van der Waals surface area contributed by atoms with Crippen molar-refractivity contribution < 1.29 is 23.1 Å². The van der Waals surface area contributed by atoms with E-state index in [0.29, 0.717) is 5.56 Å². The number of aliphatic carboxylic acids is 1. The Kier molecular flexibility index (Phi) is 4.57. The quantitative estimate of drug-likeness (QED) is 0.868. The summed E-state index contributed by atoms with van der Waals surface area (Å²) in [5.74, 6) is -0.955. The Morgan fingerprint density at radius 3 is 2.47 bits per heavy atom. The van der Waals surface area contributed by atoms with Crippen LogP contribution in [0.25, 0.3) is 0 Å². The van der Waals surface area contributed by atoms with Gasteiger partial charge in [-0.2, -0.15) is 13.2 Å². The lowest BCUT2D eigenvalue weighted by atomic mass is 9.94. The van der Waals surface area contributed by atoms with Crippen LogP contribution in [0.4, 0.5) is 13.2 Å². The number of carboxylic acids is 1. The molecule has 0 fully saturated rings. The number of alkyl halides is 3. The number of carbonyl (C=O) groups is 1. The molecule has 0 bridgehead atoms. The van der Waals surface area contributed by atoms with Gasteiger partial charge in [0.2, 0.25) is 0 Å². The molecule has 0 heterocycles. The molecule has 0 spiro atoms. The highest BCUT2D eigenvalue weighted by Crippen LogP contribution is 2.29. The fourth-order valence-corrected chi connectivity index (χ4v) is 1.45. The summed E-state index contributed by atoms with van der Waals surface area (Å²) in [4.78, 5) is 10.9. The Morgan fingerprint density at radius 1 is 1.32 bits per heavy atom. The molecule has 106 valence electrons. The monoisotopic (exact) mass is 275 g/mol. The first kappa shape index (κ1) is 15.5. The van der Waals surface area contributed by atoms with Crippen molar-refractivity contribution in [2.75, 3.05) is 6.54 Å². The Balaban J connectivity index is 2.62. The topological polar surface area (TPSA) is 49.3 Å². The number of rotatable bonds is 5. The third-order valence-electron chi connectivity index (χ3n) is 2.73. The van der Waals surface area contributed by atoms with Gasteiger partial charge in [-0.3, -0.25) is 4.79 Å². The lowest BCUT2D eigenvalue weighted by Gasteiger charge is -2.19. The SMILES string of the molecule is CC(C)(CNCc1cccc(C(F)(F)F)c1)C(=O)O. The first-order valence-electron chi connectivity index (χ1n) is 5.73. The Labute approximate surface area is 109 Å². The number of hydrogen-bond acceptors (Lipinski definition) is 2. The molecule has 0 atom stereocenters. The van der Waals surface area contributed by atoms with E-state index in [1.165, 1.54) is 6.07 Å². The van der Waals surface area contributed by atoms with Crippen molar-refractivity contribution in [2.45, 2.75) is 26.6 Å². The Bertz CT molecular complexity index is 455. The number of carboxylic acid groups (broad SMARTS) is 1. The molecule has 0 amide bonds. The van der Waals surface area contributed by atoms with Gasteiger partial charge in [0, 0.05) is 13.1 Å². The summed E-state index contributed by atoms with van der Waals surface area (Å²) in [6.45, 7) is 3.47. The summed E-state index contributed by atoms with van der Waals surface area (Å²) in [7, 11) is 0. The molecule has 0 radical (unpaired) electrons. The second-order valence-corrected chi connectivity index (χ2v) is 4.99. The molecule has 1 aromatic rings. The largest absolute Gasteiger partial charge is 0.481 e. The van der Waals surface area contributed by atoms with Gasteiger partial charge in [-0.05, 0) is 25.5 Å². The molecule has 19 heavy (non-hydrogen) atoms. The lowest BCUT2D eigenvalue weighted by molar-refractivity contribution is -0.146. The molecule has 0 saturated heterocycles. The molecule has 0 aliphatic rings. The summed E-state index contributed by atoms with van der Waals surface area (Å²) in [5, 5.41) is 11.8. The second-order valence-electron chi connectivity index (χ2n) is 4.99. The van der Waals surface area contributed by atoms with Crippen molar-refractivity contribution in [3.8, 4) is 0 Å². The van der Waals surface area contributed by atoms with Gasteiger partial charge in [-0.1, -0.05) is 18.2 Å². The normalized spacial score (nSPS) is 12.5. The number of nitrogens with one attached hydrogen (secondary N) is 1. The van der Waals surface area contributed by atoms with Crippen molar-refractivity contribution >= 4 is 5.97 Å². The summed E-state index contributed by atoms with van der Waals surface area (Å²) in [5.41, 5.74) is -1.19. The highest BCUT2D eigenvalue weighted by atomic mass is 19.4. The van der Waals surface area contributed by atoms with Gasteiger partial charge in [0.1, 0.15) is 0 Å². The smallest absolute Gasteiger partial charge is 0.416 e. The molecular weight excluding hydrogens is 259 g/mol. The highest BCUT2D eigenvalue weighted by Gasteiger charge is 2.30. The van der Waals surface area contributed by atoms with Gasteiger partial charge in [0.25, 0.3) is 0 Å². The minimum absolute atomic E-state index is 0.179. The minimum atomic E-state index is -4.36. The van der Waals surface area contributed by atoms with E-state index in [-0.39, 0.29) is 13.1 Å². The van der Waals surface area contributed by atoms with E-state index in [1.54, 1.807) is 19.9 Å². The van der Waals surface area contributed by atoms with Crippen LogP contribution in [-0.2, 0) is 17.5 Å². The fraction of sp³-hybridized carbons (Fsp3) is 0.462. The van der Waals surface area contributed by atoms with Crippen LogP contribution >= 0.6 is 0 Å². The fourth-order valence-electron chi connectivity index (χ4n) is 1.45. The van der Waals surface area contributed by atoms with E-state index in [1.807, 2.05) is 0 Å². The van der Waals surface area contributed by atoms with E-state index in [2.05, 4.69) is 5.32 Å². The summed E-state index contributed by atoms with van der Waals surface area (Å²) in [6.07, 6.45) is -4.36. The van der Waals surface area contributed by atoms with Crippen LogP contribution in [0.1, 0.15) is 25.0 Å². The molecule has 3 nitrogen and oxygen atoms in total. The van der Waals surface area contributed by atoms with Gasteiger partial charge < -0.3 is 10.4 Å². The van der Waals surface area contributed by atoms with Crippen LogP contribution in [0, 0.1) is 5.41 Å². The van der Waals surface area contributed by atoms with Crippen molar-refractivity contribution in [2.24, 2.45) is 5.41 Å². The first-order valence-corrected chi connectivity index (χ1v) is 5.73. The van der Waals surface area contributed by atoms with Gasteiger partial charge >= 0.3 is 12.1 Å². The van der Waals surface area contributed by atoms with Gasteiger partial charge in [-0.15, -0.1) is 0 Å². The van der Waals surface area contributed by atoms with Crippen molar-refractivity contribution in [1.82, 2.24) is 5.32 Å². The molecular formula is C13H16F3NO2. The number of hydrogen-bond donors (Lipinski definition) is 2. The Morgan fingerprint density at radius 2 is 1.95 bits per heavy atom. The molecule has 0 aromatic heterocycles. The maximum absolute atomic E-state index is 12.5. The lowest BCUT2D eigenvalue weighted by Crippen LogP contribution is -2.35. The second kappa shape index (κ2) is 5.61.